The molecule has 5 nitrogen and oxygen atoms in total. The summed E-state index contributed by atoms with van der Waals surface area (Å²) in [4.78, 5) is 15.6. The Morgan fingerprint density at radius 2 is 1.45 bits per heavy atom. The highest BCUT2D eigenvalue weighted by Crippen LogP contribution is 2.08. The van der Waals surface area contributed by atoms with Crippen LogP contribution in [0.5, 0.6) is 0 Å². The Morgan fingerprint density at radius 1 is 0.864 bits per heavy atom. The van der Waals surface area contributed by atoms with Crippen molar-refractivity contribution >= 4 is 11.9 Å². The van der Waals surface area contributed by atoms with E-state index in [0.29, 0.717) is 13.1 Å². The number of hydrogen-bond donors (Lipinski definition) is 3. The molecule has 0 rings (SSSR count). The van der Waals surface area contributed by atoms with E-state index in [1.807, 2.05) is 13.8 Å². The summed E-state index contributed by atoms with van der Waals surface area (Å²) < 4.78 is 0. The molecule has 0 aromatic rings. The van der Waals surface area contributed by atoms with Gasteiger partial charge in [0.15, 0.2) is 5.96 Å². The van der Waals surface area contributed by atoms with Crippen LogP contribution < -0.4 is 16.0 Å². The normalized spacial score (nSPS) is 11.9. The molecule has 0 aromatic carbocycles. The summed E-state index contributed by atoms with van der Waals surface area (Å²) in [7, 11) is 1.77. The number of aliphatic imine (C=N–C) groups is 1. The SMILES string of the molecule is CN=C(NCCCCCCC(C)C)NCCNC(=O)C(C)C. The number of hydrogen-bond acceptors (Lipinski definition) is 2. The van der Waals surface area contributed by atoms with E-state index in [2.05, 4.69) is 34.8 Å². The van der Waals surface area contributed by atoms with Crippen molar-refractivity contribution in [2.24, 2.45) is 16.8 Å². The first-order chi connectivity index (χ1) is 10.5. The number of rotatable bonds is 11. The summed E-state index contributed by atoms with van der Waals surface area (Å²) >= 11 is 0. The van der Waals surface area contributed by atoms with Gasteiger partial charge in [-0.05, 0) is 12.3 Å². The number of nitrogens with zero attached hydrogens (tertiary/aromatic N) is 1. The zero-order chi connectivity index (χ0) is 16.8. The fourth-order valence-electron chi connectivity index (χ4n) is 2.03. The van der Waals surface area contributed by atoms with Crippen LogP contribution in [0.25, 0.3) is 0 Å². The Hall–Kier alpha value is -1.26. The second-order valence-electron chi connectivity index (χ2n) is 6.47. The maximum atomic E-state index is 11.4. The van der Waals surface area contributed by atoms with E-state index in [0.717, 1.165) is 18.4 Å². The van der Waals surface area contributed by atoms with Crippen molar-refractivity contribution in [1.29, 1.82) is 0 Å². The van der Waals surface area contributed by atoms with Crippen molar-refractivity contribution in [2.45, 2.75) is 59.8 Å². The van der Waals surface area contributed by atoms with Gasteiger partial charge in [0, 0.05) is 32.6 Å². The summed E-state index contributed by atoms with van der Waals surface area (Å²) in [6.45, 7) is 10.6. The van der Waals surface area contributed by atoms with E-state index in [-0.39, 0.29) is 11.8 Å². The van der Waals surface area contributed by atoms with Gasteiger partial charge in [0.2, 0.25) is 5.91 Å². The molecule has 22 heavy (non-hydrogen) atoms. The van der Waals surface area contributed by atoms with Crippen LogP contribution in [0.4, 0.5) is 0 Å². The second-order valence-corrected chi connectivity index (χ2v) is 6.47. The molecule has 3 N–H and O–H groups in total. The number of guanidine groups is 1. The average Bonchev–Trinajstić information content (AvgIpc) is 2.47. The molecule has 0 saturated heterocycles. The molecular weight excluding hydrogens is 276 g/mol. The number of nitrogens with one attached hydrogen (secondary N) is 3. The monoisotopic (exact) mass is 312 g/mol. The smallest absolute Gasteiger partial charge is 0.222 e. The minimum atomic E-state index is 0.0353. The number of unbranched alkanes of at least 4 members (excludes halogenated alkanes) is 3. The Labute approximate surface area is 136 Å². The third kappa shape index (κ3) is 12.5. The number of carbonyl (C=O) groups is 1. The zero-order valence-electron chi connectivity index (χ0n) is 15.2. The molecule has 0 aliphatic rings. The zero-order valence-corrected chi connectivity index (χ0v) is 15.2. The Balaban J connectivity index is 3.54. The highest BCUT2D eigenvalue weighted by atomic mass is 16.1. The fraction of sp³-hybridized carbons (Fsp3) is 0.882. The van der Waals surface area contributed by atoms with Crippen molar-refractivity contribution in [1.82, 2.24) is 16.0 Å². The Kier molecular flexibility index (Phi) is 12.6. The first-order valence-corrected chi connectivity index (χ1v) is 8.69. The highest BCUT2D eigenvalue weighted by molar-refractivity contribution is 5.80. The molecule has 0 heterocycles. The van der Waals surface area contributed by atoms with Gasteiger partial charge >= 0.3 is 0 Å². The molecule has 0 bridgehead atoms. The molecule has 0 aliphatic heterocycles. The van der Waals surface area contributed by atoms with E-state index in [1.165, 1.54) is 32.1 Å². The van der Waals surface area contributed by atoms with Gasteiger partial charge in [0.25, 0.3) is 0 Å². The van der Waals surface area contributed by atoms with Crippen molar-refractivity contribution in [2.75, 3.05) is 26.7 Å². The van der Waals surface area contributed by atoms with Crippen LogP contribution in [0.1, 0.15) is 59.8 Å². The van der Waals surface area contributed by atoms with E-state index in [9.17, 15) is 4.79 Å². The fourth-order valence-corrected chi connectivity index (χ4v) is 2.03. The molecule has 0 atom stereocenters. The molecule has 0 aliphatic carbocycles. The van der Waals surface area contributed by atoms with Crippen molar-refractivity contribution in [3.05, 3.63) is 0 Å². The minimum absolute atomic E-state index is 0.0353. The maximum absolute atomic E-state index is 11.4. The second kappa shape index (κ2) is 13.4. The molecule has 130 valence electrons. The molecule has 0 radical (unpaired) electrons. The van der Waals surface area contributed by atoms with Crippen LogP contribution in [-0.4, -0.2) is 38.5 Å². The van der Waals surface area contributed by atoms with Crippen LogP contribution >= 0.6 is 0 Å². The Morgan fingerprint density at radius 3 is 2.05 bits per heavy atom. The van der Waals surface area contributed by atoms with Crippen LogP contribution in [0.2, 0.25) is 0 Å². The van der Waals surface area contributed by atoms with Gasteiger partial charge in [0.1, 0.15) is 0 Å². The molecular formula is C17H36N4O. The maximum Gasteiger partial charge on any atom is 0.222 e. The van der Waals surface area contributed by atoms with E-state index < -0.39 is 0 Å². The van der Waals surface area contributed by atoms with E-state index in [1.54, 1.807) is 7.05 Å². The van der Waals surface area contributed by atoms with Crippen molar-refractivity contribution < 1.29 is 4.79 Å². The van der Waals surface area contributed by atoms with Crippen molar-refractivity contribution in [3.8, 4) is 0 Å². The molecule has 0 unspecified atom stereocenters. The van der Waals surface area contributed by atoms with Gasteiger partial charge in [-0.25, -0.2) is 0 Å². The van der Waals surface area contributed by atoms with E-state index in [4.69, 9.17) is 0 Å². The summed E-state index contributed by atoms with van der Waals surface area (Å²) in [5.74, 6) is 1.75. The van der Waals surface area contributed by atoms with E-state index >= 15 is 0 Å². The number of carbonyl (C=O) groups excluding carboxylic acids is 1. The van der Waals surface area contributed by atoms with Gasteiger partial charge in [-0.15, -0.1) is 0 Å². The molecule has 0 fully saturated rings. The Bertz CT molecular complexity index is 314. The number of amides is 1. The van der Waals surface area contributed by atoms with Gasteiger partial charge in [-0.2, -0.15) is 0 Å². The lowest BCUT2D eigenvalue weighted by Crippen LogP contribution is -2.42. The summed E-state index contributed by atoms with van der Waals surface area (Å²) in [6, 6.07) is 0. The first kappa shape index (κ1) is 20.7. The quantitative estimate of drug-likeness (QED) is 0.312. The van der Waals surface area contributed by atoms with Crippen LogP contribution in [0, 0.1) is 11.8 Å². The summed E-state index contributed by atoms with van der Waals surface area (Å²) in [5.41, 5.74) is 0. The van der Waals surface area contributed by atoms with Gasteiger partial charge < -0.3 is 16.0 Å². The third-order valence-corrected chi connectivity index (χ3v) is 3.47. The predicted octanol–water partition coefficient (Wildman–Crippen LogP) is 2.53. The van der Waals surface area contributed by atoms with Gasteiger partial charge in [0.05, 0.1) is 0 Å². The molecule has 0 saturated carbocycles. The lowest BCUT2D eigenvalue weighted by atomic mass is 10.0. The molecule has 0 spiro atoms. The predicted molar refractivity (Wildman–Crippen MR) is 95.1 cm³/mol. The minimum Gasteiger partial charge on any atom is -0.356 e. The molecule has 5 heteroatoms. The standard InChI is InChI=1S/C17H36N4O/c1-14(2)10-8-6-7-9-11-20-17(18-5)21-13-12-19-16(22)15(3)4/h14-15H,6-13H2,1-5H3,(H,19,22)(H2,18,20,21). The van der Waals surface area contributed by atoms with Gasteiger partial charge in [-0.1, -0.05) is 53.4 Å². The lowest BCUT2D eigenvalue weighted by Gasteiger charge is -2.13. The average molecular weight is 313 g/mol. The van der Waals surface area contributed by atoms with Crippen molar-refractivity contribution in [3.63, 3.8) is 0 Å². The van der Waals surface area contributed by atoms with Crippen LogP contribution in [0.3, 0.4) is 0 Å². The lowest BCUT2D eigenvalue weighted by molar-refractivity contribution is -0.123. The first-order valence-electron chi connectivity index (χ1n) is 8.69. The van der Waals surface area contributed by atoms with Crippen LogP contribution in [-0.2, 0) is 4.79 Å². The molecule has 1 amide bonds. The third-order valence-electron chi connectivity index (χ3n) is 3.47. The van der Waals surface area contributed by atoms with Gasteiger partial charge in [-0.3, -0.25) is 9.79 Å². The summed E-state index contributed by atoms with van der Waals surface area (Å²) in [6.07, 6.45) is 6.41. The molecule has 0 aromatic heterocycles. The topological polar surface area (TPSA) is 65.5 Å². The highest BCUT2D eigenvalue weighted by Gasteiger charge is 2.05. The van der Waals surface area contributed by atoms with Crippen LogP contribution in [0.15, 0.2) is 4.99 Å². The largest absolute Gasteiger partial charge is 0.356 e. The summed E-state index contributed by atoms with van der Waals surface area (Å²) in [5, 5.41) is 9.39.